The molecule has 1 heterocycles. The van der Waals surface area contributed by atoms with Gasteiger partial charge in [0.2, 0.25) is 0 Å². The summed E-state index contributed by atoms with van der Waals surface area (Å²) in [5.41, 5.74) is 7.16. The third-order valence-corrected chi connectivity index (χ3v) is 4.26. The molecule has 1 atom stereocenters. The van der Waals surface area contributed by atoms with Gasteiger partial charge in [0.1, 0.15) is 0 Å². The van der Waals surface area contributed by atoms with Crippen molar-refractivity contribution in [2.45, 2.75) is 32.4 Å². The van der Waals surface area contributed by atoms with Crippen molar-refractivity contribution in [3.63, 3.8) is 0 Å². The number of nitrogens with two attached hydrogens (primary N) is 1. The number of likely N-dealkylation sites (tertiary alicyclic amines) is 1. The number of hydrogen-bond acceptors (Lipinski definition) is 4. The van der Waals surface area contributed by atoms with E-state index in [2.05, 4.69) is 16.7 Å². The number of carboxylic acid groups (broad SMARTS) is 1. The second-order valence-corrected chi connectivity index (χ2v) is 5.81. The number of nitrogens with zero attached hydrogens (tertiary/aromatic N) is 2. The number of carboxylic acids is 1. The largest absolute Gasteiger partial charge is 0.478 e. The van der Waals surface area contributed by atoms with Crippen LogP contribution in [0.5, 0.6) is 0 Å². The van der Waals surface area contributed by atoms with Gasteiger partial charge in [-0.05, 0) is 44.6 Å². The summed E-state index contributed by atoms with van der Waals surface area (Å²) >= 11 is 0. The molecular weight excluding hydrogens is 266 g/mol. The van der Waals surface area contributed by atoms with E-state index in [-0.39, 0.29) is 5.56 Å². The molecule has 1 aliphatic heterocycles. The van der Waals surface area contributed by atoms with Crippen molar-refractivity contribution in [2.24, 2.45) is 0 Å². The molecule has 1 aromatic rings. The molecule has 21 heavy (non-hydrogen) atoms. The van der Waals surface area contributed by atoms with Gasteiger partial charge in [-0.3, -0.25) is 4.90 Å². The minimum absolute atomic E-state index is 0.239. The number of rotatable bonds is 6. The highest BCUT2D eigenvalue weighted by atomic mass is 16.4. The van der Waals surface area contributed by atoms with Gasteiger partial charge in [0, 0.05) is 24.8 Å². The monoisotopic (exact) mass is 291 g/mol. The molecule has 1 unspecified atom stereocenters. The Kier molecular flexibility index (Phi) is 5.20. The lowest BCUT2D eigenvalue weighted by atomic mass is 10.0. The van der Waals surface area contributed by atoms with E-state index in [0.29, 0.717) is 18.3 Å². The summed E-state index contributed by atoms with van der Waals surface area (Å²) in [4.78, 5) is 16.0. The third kappa shape index (κ3) is 3.74. The Morgan fingerprint density at radius 1 is 1.52 bits per heavy atom. The van der Waals surface area contributed by atoms with Gasteiger partial charge in [0.25, 0.3) is 0 Å². The lowest BCUT2D eigenvalue weighted by molar-refractivity contribution is 0.0695. The number of hydrogen-bond donors (Lipinski definition) is 2. The summed E-state index contributed by atoms with van der Waals surface area (Å²) in [7, 11) is 2.04. The highest BCUT2D eigenvalue weighted by Gasteiger charge is 2.24. The fourth-order valence-corrected chi connectivity index (χ4v) is 3.25. The van der Waals surface area contributed by atoms with E-state index in [1.54, 1.807) is 6.07 Å². The summed E-state index contributed by atoms with van der Waals surface area (Å²) in [6.07, 6.45) is 2.48. The lowest BCUT2D eigenvalue weighted by Gasteiger charge is -2.28. The van der Waals surface area contributed by atoms with E-state index in [1.165, 1.54) is 19.4 Å². The molecule has 0 aromatic heterocycles. The molecule has 0 saturated carbocycles. The first-order valence-electron chi connectivity index (χ1n) is 7.56. The quantitative estimate of drug-likeness (QED) is 0.783. The number of likely N-dealkylation sites (N-methyl/N-ethyl adjacent to an activating group) is 2. The first kappa shape index (κ1) is 15.8. The Morgan fingerprint density at radius 3 is 2.95 bits per heavy atom. The Balaban J connectivity index is 2.04. The molecule has 0 bridgehead atoms. The number of nitrogen functional groups attached to an aromatic ring is 1. The molecule has 3 N–H and O–H groups in total. The Morgan fingerprint density at radius 2 is 2.29 bits per heavy atom. The molecule has 2 rings (SSSR count). The first-order chi connectivity index (χ1) is 10.0. The van der Waals surface area contributed by atoms with Crippen molar-refractivity contribution in [3.05, 3.63) is 29.3 Å². The van der Waals surface area contributed by atoms with Crippen LogP contribution in [0.3, 0.4) is 0 Å². The molecule has 0 amide bonds. The number of carbonyl (C=O) groups is 1. The van der Waals surface area contributed by atoms with Crippen molar-refractivity contribution in [1.82, 2.24) is 9.80 Å². The van der Waals surface area contributed by atoms with Gasteiger partial charge in [0.05, 0.1) is 5.56 Å². The standard InChI is InChI=1S/C16H25N3O2/c1-3-19-9-5-7-13(19)11-18(2)10-12-6-4-8-14(17)15(12)16(20)21/h4,6,8,13H,3,5,7,9-11,17H2,1-2H3,(H,20,21). The summed E-state index contributed by atoms with van der Waals surface area (Å²) in [6, 6.07) is 5.89. The maximum atomic E-state index is 11.4. The lowest BCUT2D eigenvalue weighted by Crippen LogP contribution is -2.38. The van der Waals surface area contributed by atoms with Crippen LogP contribution >= 0.6 is 0 Å². The van der Waals surface area contributed by atoms with Gasteiger partial charge in [-0.2, -0.15) is 0 Å². The molecular formula is C16H25N3O2. The SMILES string of the molecule is CCN1CCCC1CN(C)Cc1cccc(N)c1C(=O)O. The van der Waals surface area contributed by atoms with Crippen molar-refractivity contribution in [3.8, 4) is 0 Å². The van der Waals surface area contributed by atoms with Crippen LogP contribution in [0.15, 0.2) is 18.2 Å². The van der Waals surface area contributed by atoms with Crippen LogP contribution in [-0.2, 0) is 6.54 Å². The summed E-state index contributed by atoms with van der Waals surface area (Å²) in [5.74, 6) is -0.951. The Hall–Kier alpha value is -1.59. The van der Waals surface area contributed by atoms with Gasteiger partial charge in [-0.15, -0.1) is 0 Å². The van der Waals surface area contributed by atoms with Gasteiger partial charge in [0.15, 0.2) is 0 Å². The van der Waals surface area contributed by atoms with Crippen LogP contribution in [-0.4, -0.2) is 53.6 Å². The Labute approximate surface area is 126 Å². The molecule has 0 aliphatic carbocycles. The molecule has 0 spiro atoms. The molecule has 1 fully saturated rings. The summed E-state index contributed by atoms with van der Waals surface area (Å²) in [5, 5.41) is 9.32. The zero-order chi connectivity index (χ0) is 15.4. The van der Waals surface area contributed by atoms with Crippen LogP contribution in [0, 0.1) is 0 Å². The van der Waals surface area contributed by atoms with E-state index in [4.69, 9.17) is 5.73 Å². The summed E-state index contributed by atoms with van der Waals surface area (Å²) in [6.45, 7) is 6.02. The average molecular weight is 291 g/mol. The normalized spacial score (nSPS) is 19.3. The zero-order valence-corrected chi connectivity index (χ0v) is 12.9. The second kappa shape index (κ2) is 6.91. The number of aromatic carboxylic acids is 1. The number of benzene rings is 1. The predicted octanol–water partition coefficient (Wildman–Crippen LogP) is 1.88. The van der Waals surface area contributed by atoms with Crippen LogP contribution < -0.4 is 5.73 Å². The summed E-state index contributed by atoms with van der Waals surface area (Å²) < 4.78 is 0. The highest BCUT2D eigenvalue weighted by Crippen LogP contribution is 2.21. The average Bonchev–Trinajstić information content (AvgIpc) is 2.85. The maximum absolute atomic E-state index is 11.4. The molecule has 1 aliphatic rings. The van der Waals surface area contributed by atoms with Crippen LogP contribution in [0.4, 0.5) is 5.69 Å². The van der Waals surface area contributed by atoms with Crippen LogP contribution in [0.25, 0.3) is 0 Å². The smallest absolute Gasteiger partial charge is 0.338 e. The van der Waals surface area contributed by atoms with E-state index in [1.807, 2.05) is 19.2 Å². The number of anilines is 1. The van der Waals surface area contributed by atoms with E-state index in [0.717, 1.165) is 18.7 Å². The fourth-order valence-electron chi connectivity index (χ4n) is 3.25. The highest BCUT2D eigenvalue weighted by molar-refractivity contribution is 5.95. The minimum atomic E-state index is -0.951. The van der Waals surface area contributed by atoms with Gasteiger partial charge < -0.3 is 15.7 Å². The van der Waals surface area contributed by atoms with Crippen molar-refractivity contribution in [2.75, 3.05) is 32.4 Å². The molecule has 5 nitrogen and oxygen atoms in total. The van der Waals surface area contributed by atoms with Crippen LogP contribution in [0.2, 0.25) is 0 Å². The molecule has 116 valence electrons. The first-order valence-corrected chi connectivity index (χ1v) is 7.56. The molecule has 1 saturated heterocycles. The second-order valence-electron chi connectivity index (χ2n) is 5.81. The van der Waals surface area contributed by atoms with Crippen molar-refractivity contribution in [1.29, 1.82) is 0 Å². The molecule has 0 radical (unpaired) electrons. The molecule has 1 aromatic carbocycles. The molecule has 5 heteroatoms. The predicted molar refractivity (Wildman–Crippen MR) is 84.4 cm³/mol. The topological polar surface area (TPSA) is 69.8 Å². The van der Waals surface area contributed by atoms with E-state index in [9.17, 15) is 9.90 Å². The minimum Gasteiger partial charge on any atom is -0.478 e. The van der Waals surface area contributed by atoms with Gasteiger partial charge in [-0.1, -0.05) is 19.1 Å². The Bertz CT molecular complexity index is 504. The van der Waals surface area contributed by atoms with Gasteiger partial charge >= 0.3 is 5.97 Å². The van der Waals surface area contributed by atoms with Gasteiger partial charge in [-0.25, -0.2) is 4.79 Å². The van der Waals surface area contributed by atoms with E-state index < -0.39 is 5.97 Å². The fraction of sp³-hybridized carbons (Fsp3) is 0.562. The van der Waals surface area contributed by atoms with Crippen molar-refractivity contribution >= 4 is 11.7 Å². The van der Waals surface area contributed by atoms with E-state index >= 15 is 0 Å². The zero-order valence-electron chi connectivity index (χ0n) is 12.9. The third-order valence-electron chi connectivity index (χ3n) is 4.26. The maximum Gasteiger partial charge on any atom is 0.338 e. The van der Waals surface area contributed by atoms with Crippen LogP contribution in [0.1, 0.15) is 35.7 Å². The van der Waals surface area contributed by atoms with Crippen molar-refractivity contribution < 1.29 is 9.90 Å².